The predicted octanol–water partition coefficient (Wildman–Crippen LogP) is 2.75. The molecule has 5 nitrogen and oxygen atoms in total. The van der Waals surface area contributed by atoms with Crippen molar-refractivity contribution >= 4 is 33.4 Å². The van der Waals surface area contributed by atoms with Crippen molar-refractivity contribution in [2.75, 3.05) is 23.3 Å². The van der Waals surface area contributed by atoms with Crippen LogP contribution in [-0.2, 0) is 16.0 Å². The van der Waals surface area contributed by atoms with Crippen LogP contribution in [0, 0.1) is 5.41 Å². The second-order valence-corrected chi connectivity index (χ2v) is 6.36. The van der Waals surface area contributed by atoms with E-state index in [1.807, 2.05) is 6.07 Å². The average molecular weight is 369 g/mol. The van der Waals surface area contributed by atoms with Crippen LogP contribution in [0.25, 0.3) is 0 Å². The number of hydrogen-bond donors (Lipinski definition) is 0. The Bertz CT molecular complexity index is 587. The molecule has 1 aromatic heterocycles. The molecular weight excluding hydrogens is 348 g/mol. The molecule has 6 heteroatoms. The molecule has 120 valence electrons. The molecule has 1 atom stereocenters. The molecule has 1 aliphatic heterocycles. The number of carbonyl (C=O) groups excluding carboxylic acids is 2. The number of fused-ring (bicyclic) bond motifs is 1. The van der Waals surface area contributed by atoms with E-state index in [0.717, 1.165) is 18.8 Å². The van der Waals surface area contributed by atoms with E-state index in [4.69, 9.17) is 4.74 Å². The number of pyridine rings is 1. The number of ketones is 1. The Kier molecular flexibility index (Phi) is 5.21. The molecule has 1 unspecified atom stereocenters. The van der Waals surface area contributed by atoms with Gasteiger partial charge < -0.3 is 9.64 Å². The highest BCUT2D eigenvalue weighted by molar-refractivity contribution is 9.09. The summed E-state index contributed by atoms with van der Waals surface area (Å²) >= 11 is 3.24. The lowest BCUT2D eigenvalue weighted by Crippen LogP contribution is -2.44. The van der Waals surface area contributed by atoms with Crippen molar-refractivity contribution in [2.24, 2.45) is 5.41 Å². The van der Waals surface area contributed by atoms with Gasteiger partial charge in [-0.2, -0.15) is 0 Å². The van der Waals surface area contributed by atoms with E-state index in [0.29, 0.717) is 29.6 Å². The van der Waals surface area contributed by atoms with Crippen LogP contribution in [0.1, 0.15) is 32.9 Å². The first-order valence-corrected chi connectivity index (χ1v) is 8.63. The topological polar surface area (TPSA) is 59.5 Å². The van der Waals surface area contributed by atoms with E-state index in [1.54, 1.807) is 13.1 Å². The minimum atomic E-state index is -1.13. The monoisotopic (exact) mass is 368 g/mol. The minimum absolute atomic E-state index is 0.116. The summed E-state index contributed by atoms with van der Waals surface area (Å²) in [6.07, 6.45) is 2.38. The lowest BCUT2D eigenvalue weighted by molar-refractivity contribution is -0.153. The molecule has 0 saturated heterocycles. The number of ether oxygens (including phenoxy) is 1. The summed E-state index contributed by atoms with van der Waals surface area (Å²) < 4.78 is 5.43. The van der Waals surface area contributed by atoms with E-state index in [9.17, 15) is 9.59 Å². The van der Waals surface area contributed by atoms with E-state index in [-0.39, 0.29) is 5.78 Å². The number of aromatic nitrogens is 1. The fourth-order valence-electron chi connectivity index (χ4n) is 2.64. The summed E-state index contributed by atoms with van der Waals surface area (Å²) in [6, 6.07) is 1.84. The number of halogens is 1. The molecule has 0 aromatic carbocycles. The van der Waals surface area contributed by atoms with Crippen molar-refractivity contribution in [3.63, 3.8) is 0 Å². The summed E-state index contributed by atoms with van der Waals surface area (Å²) in [5, 5.41) is 0.538. The molecule has 2 rings (SSSR count). The van der Waals surface area contributed by atoms with E-state index >= 15 is 0 Å². The molecule has 0 spiro atoms. The summed E-state index contributed by atoms with van der Waals surface area (Å²) in [5.41, 5.74) is 0.456. The molecule has 0 amide bonds. The van der Waals surface area contributed by atoms with Gasteiger partial charge in [-0.1, -0.05) is 15.9 Å². The Morgan fingerprint density at radius 3 is 2.73 bits per heavy atom. The quantitative estimate of drug-likeness (QED) is 0.438. The Morgan fingerprint density at radius 2 is 2.14 bits per heavy atom. The molecule has 0 radical (unpaired) electrons. The van der Waals surface area contributed by atoms with Crippen LogP contribution < -0.4 is 9.64 Å². The van der Waals surface area contributed by atoms with Gasteiger partial charge >= 0.3 is 5.97 Å². The first kappa shape index (κ1) is 16.9. The zero-order valence-corrected chi connectivity index (χ0v) is 14.8. The van der Waals surface area contributed by atoms with E-state index < -0.39 is 11.4 Å². The van der Waals surface area contributed by atoms with Crippen LogP contribution in [0.4, 0.5) is 5.69 Å². The van der Waals surface area contributed by atoms with Gasteiger partial charge in [-0.3, -0.25) is 14.6 Å². The Hall–Kier alpha value is -1.43. The number of esters is 1. The third-order valence-electron chi connectivity index (χ3n) is 4.16. The molecule has 1 aromatic rings. The Labute approximate surface area is 139 Å². The molecule has 1 aliphatic rings. The van der Waals surface area contributed by atoms with Crippen LogP contribution in [0.15, 0.2) is 12.3 Å². The van der Waals surface area contributed by atoms with Gasteiger partial charge in [0.25, 0.3) is 0 Å². The molecule has 22 heavy (non-hydrogen) atoms. The van der Waals surface area contributed by atoms with E-state index in [1.165, 1.54) is 0 Å². The summed E-state index contributed by atoms with van der Waals surface area (Å²) in [5.74, 6) is -0.127. The highest BCUT2D eigenvalue weighted by Crippen LogP contribution is 2.37. The van der Waals surface area contributed by atoms with Crippen molar-refractivity contribution in [3.05, 3.63) is 18.0 Å². The smallest absolute Gasteiger partial charge is 0.325 e. The number of hydrogen-bond acceptors (Lipinski definition) is 5. The normalized spacial score (nSPS) is 20.3. The number of Topliss-reactive ketones (excluding diaryl/α,β-unsaturated/α-hetero) is 1. The predicted molar refractivity (Wildman–Crippen MR) is 88.7 cm³/mol. The zero-order chi connectivity index (χ0) is 16.3. The minimum Gasteiger partial charge on any atom is -0.424 e. The van der Waals surface area contributed by atoms with Crippen LogP contribution in [0.2, 0.25) is 0 Å². The maximum atomic E-state index is 12.3. The second-order valence-electron chi connectivity index (χ2n) is 5.57. The van der Waals surface area contributed by atoms with Crippen molar-refractivity contribution in [3.8, 4) is 5.75 Å². The first-order chi connectivity index (χ1) is 10.5. The number of rotatable bonds is 6. The summed E-state index contributed by atoms with van der Waals surface area (Å²) in [6.45, 7) is 7.47. The van der Waals surface area contributed by atoms with Gasteiger partial charge in [-0.05, 0) is 20.8 Å². The molecular formula is C16H21BrN2O3. The molecule has 0 saturated carbocycles. The zero-order valence-electron chi connectivity index (χ0n) is 13.2. The highest BCUT2D eigenvalue weighted by Gasteiger charge is 2.46. The van der Waals surface area contributed by atoms with Crippen LogP contribution in [0.3, 0.4) is 0 Å². The Balaban J connectivity index is 2.32. The van der Waals surface area contributed by atoms with Gasteiger partial charge in [0.2, 0.25) is 0 Å². The average Bonchev–Trinajstić information content (AvgIpc) is 2.50. The van der Waals surface area contributed by atoms with E-state index in [2.05, 4.69) is 39.7 Å². The second kappa shape index (κ2) is 6.77. The first-order valence-electron chi connectivity index (χ1n) is 7.51. The molecule has 0 bridgehead atoms. The van der Waals surface area contributed by atoms with Crippen LogP contribution in [0.5, 0.6) is 5.75 Å². The third-order valence-corrected chi connectivity index (χ3v) is 4.55. The molecule has 2 heterocycles. The third kappa shape index (κ3) is 3.02. The van der Waals surface area contributed by atoms with Crippen LogP contribution >= 0.6 is 15.9 Å². The lowest BCUT2D eigenvalue weighted by atomic mass is 9.78. The molecule has 0 N–H and O–H groups in total. The fraction of sp³-hybridized carbons (Fsp3) is 0.562. The lowest BCUT2D eigenvalue weighted by Gasteiger charge is -2.31. The van der Waals surface area contributed by atoms with Gasteiger partial charge in [-0.25, -0.2) is 0 Å². The van der Waals surface area contributed by atoms with Gasteiger partial charge in [0.05, 0.1) is 17.6 Å². The van der Waals surface area contributed by atoms with Gasteiger partial charge in [0.15, 0.2) is 11.5 Å². The number of carbonyl (C=O) groups is 2. The standard InChI is InChI=1S/C16H21BrN2O3/c1-4-19(5-2)11-8-13-12(18-10-11)9-16(3,15(21)22-13)14(20)6-7-17/h8,10H,4-7,9H2,1-3H3. The van der Waals surface area contributed by atoms with Crippen molar-refractivity contribution < 1.29 is 14.3 Å². The van der Waals surface area contributed by atoms with Crippen molar-refractivity contribution in [1.82, 2.24) is 4.98 Å². The van der Waals surface area contributed by atoms with Crippen molar-refractivity contribution in [2.45, 2.75) is 33.6 Å². The maximum absolute atomic E-state index is 12.3. The molecule has 0 fully saturated rings. The van der Waals surface area contributed by atoms with Crippen molar-refractivity contribution in [1.29, 1.82) is 0 Å². The fourth-order valence-corrected chi connectivity index (χ4v) is 3.00. The highest BCUT2D eigenvalue weighted by atomic mass is 79.9. The largest absolute Gasteiger partial charge is 0.424 e. The van der Waals surface area contributed by atoms with Gasteiger partial charge in [0, 0.05) is 37.3 Å². The van der Waals surface area contributed by atoms with Crippen LogP contribution in [-0.4, -0.2) is 35.2 Å². The number of anilines is 1. The number of alkyl halides is 1. The van der Waals surface area contributed by atoms with Gasteiger partial charge in [0.1, 0.15) is 5.41 Å². The Morgan fingerprint density at radius 1 is 1.45 bits per heavy atom. The van der Waals surface area contributed by atoms with Gasteiger partial charge in [-0.15, -0.1) is 0 Å². The molecule has 0 aliphatic carbocycles. The summed E-state index contributed by atoms with van der Waals surface area (Å²) in [4.78, 5) is 31.1. The number of nitrogens with zero attached hydrogens (tertiary/aromatic N) is 2. The SMILES string of the molecule is CCN(CC)c1cnc2c(c1)OC(=O)C(C)(C(=O)CCBr)C2. The maximum Gasteiger partial charge on any atom is 0.325 e. The summed E-state index contributed by atoms with van der Waals surface area (Å²) in [7, 11) is 0.